The molecule has 3 heterocycles. The molecular formula is C25H26N4O3S. The van der Waals surface area contributed by atoms with Gasteiger partial charge in [-0.3, -0.25) is 14.5 Å². The zero-order valence-electron chi connectivity index (χ0n) is 18.8. The summed E-state index contributed by atoms with van der Waals surface area (Å²) < 4.78 is 5.58. The average Bonchev–Trinajstić information content (AvgIpc) is 3.29. The molecule has 3 aromatic rings. The van der Waals surface area contributed by atoms with Crippen LogP contribution in [-0.2, 0) is 11.3 Å². The Hall–Kier alpha value is -3.39. The van der Waals surface area contributed by atoms with Gasteiger partial charge in [0, 0.05) is 37.2 Å². The Kier molecular flexibility index (Phi) is 5.76. The van der Waals surface area contributed by atoms with Crippen LogP contribution in [0.2, 0.25) is 0 Å². The molecule has 0 saturated carbocycles. The Morgan fingerprint density at radius 3 is 2.64 bits per heavy atom. The highest BCUT2D eigenvalue weighted by Gasteiger charge is 2.28. The summed E-state index contributed by atoms with van der Waals surface area (Å²) in [5.41, 5.74) is 4.74. The number of hydrogen-bond acceptors (Lipinski definition) is 6. The fourth-order valence-corrected chi connectivity index (χ4v) is 5.09. The predicted molar refractivity (Wildman–Crippen MR) is 129 cm³/mol. The van der Waals surface area contributed by atoms with Crippen LogP contribution < -0.4 is 14.5 Å². The normalized spacial score (nSPS) is 15.9. The van der Waals surface area contributed by atoms with E-state index in [0.29, 0.717) is 31.1 Å². The van der Waals surface area contributed by atoms with E-state index in [9.17, 15) is 9.59 Å². The zero-order valence-corrected chi connectivity index (χ0v) is 19.6. The fraction of sp³-hybridized carbons (Fsp3) is 0.320. The molecule has 2 amide bonds. The molecule has 1 saturated heterocycles. The molecular weight excluding hydrogens is 436 g/mol. The molecule has 33 heavy (non-hydrogen) atoms. The van der Waals surface area contributed by atoms with Crippen molar-refractivity contribution in [3.05, 3.63) is 69.7 Å². The number of hydrogen-bond donors (Lipinski definition) is 0. The Balaban J connectivity index is 1.25. The van der Waals surface area contributed by atoms with Crippen LogP contribution in [0.25, 0.3) is 0 Å². The molecule has 0 aliphatic carbocycles. The van der Waals surface area contributed by atoms with Crippen molar-refractivity contribution in [2.24, 2.45) is 0 Å². The van der Waals surface area contributed by atoms with E-state index in [1.165, 1.54) is 22.6 Å². The minimum atomic E-state index is -0.109. The number of aryl methyl sites for hydroxylation is 2. The van der Waals surface area contributed by atoms with Gasteiger partial charge < -0.3 is 14.5 Å². The minimum Gasteiger partial charge on any atom is -0.482 e. The number of fused-ring (bicyclic) bond motifs is 1. The van der Waals surface area contributed by atoms with Gasteiger partial charge in [-0.25, -0.2) is 4.98 Å². The second kappa shape index (κ2) is 8.86. The number of aromatic nitrogens is 1. The summed E-state index contributed by atoms with van der Waals surface area (Å²) in [4.78, 5) is 36.0. The van der Waals surface area contributed by atoms with E-state index in [4.69, 9.17) is 4.74 Å². The molecule has 2 aromatic carbocycles. The number of thiazole rings is 1. The summed E-state index contributed by atoms with van der Waals surface area (Å²) in [6.45, 7) is 7.37. The lowest BCUT2D eigenvalue weighted by Gasteiger charge is -2.36. The van der Waals surface area contributed by atoms with Gasteiger partial charge in [0.15, 0.2) is 6.61 Å². The number of benzene rings is 2. The van der Waals surface area contributed by atoms with Crippen LogP contribution in [0.4, 0.5) is 11.4 Å². The first kappa shape index (κ1) is 21.5. The van der Waals surface area contributed by atoms with E-state index in [-0.39, 0.29) is 18.4 Å². The van der Waals surface area contributed by atoms with Crippen molar-refractivity contribution in [2.45, 2.75) is 20.4 Å². The van der Waals surface area contributed by atoms with Gasteiger partial charge in [0.05, 0.1) is 12.2 Å². The largest absolute Gasteiger partial charge is 0.482 e. The maximum atomic E-state index is 13.1. The van der Waals surface area contributed by atoms with E-state index in [2.05, 4.69) is 35.0 Å². The summed E-state index contributed by atoms with van der Waals surface area (Å²) in [6, 6.07) is 14.1. The standard InChI is InChI=1S/C25H26N4O3S/c1-17-7-8-21-22(13-17)32-15-24(30)29(21)14-23-26-19(16-33-23)25(31)28-11-9-27(10-12-28)20-6-4-3-5-18(20)2/h3-8,13,16H,9-12,14-15H2,1-2H3. The molecule has 2 aliphatic rings. The number of amides is 2. The van der Waals surface area contributed by atoms with Crippen LogP contribution >= 0.6 is 11.3 Å². The Morgan fingerprint density at radius 2 is 1.85 bits per heavy atom. The number of anilines is 2. The summed E-state index contributed by atoms with van der Waals surface area (Å²) in [5, 5.41) is 2.53. The highest BCUT2D eigenvalue weighted by atomic mass is 32.1. The highest BCUT2D eigenvalue weighted by Crippen LogP contribution is 2.34. The molecule has 8 heteroatoms. The highest BCUT2D eigenvalue weighted by molar-refractivity contribution is 7.09. The zero-order chi connectivity index (χ0) is 22.9. The molecule has 0 atom stereocenters. The van der Waals surface area contributed by atoms with Crippen molar-refractivity contribution in [3.8, 4) is 5.75 Å². The van der Waals surface area contributed by atoms with Gasteiger partial charge in [-0.2, -0.15) is 0 Å². The second-order valence-electron chi connectivity index (χ2n) is 8.43. The first-order chi connectivity index (χ1) is 16.0. The second-order valence-corrected chi connectivity index (χ2v) is 9.37. The fourth-order valence-electron chi connectivity index (χ4n) is 4.33. The molecule has 0 unspecified atom stereocenters. The van der Waals surface area contributed by atoms with Gasteiger partial charge in [-0.05, 0) is 43.2 Å². The summed E-state index contributed by atoms with van der Waals surface area (Å²) in [6.07, 6.45) is 0. The molecule has 0 spiro atoms. The van der Waals surface area contributed by atoms with Crippen LogP contribution in [0.15, 0.2) is 47.8 Å². The van der Waals surface area contributed by atoms with Gasteiger partial charge in [0.1, 0.15) is 16.5 Å². The number of rotatable bonds is 4. The molecule has 0 N–H and O–H groups in total. The number of para-hydroxylation sites is 1. The lowest BCUT2D eigenvalue weighted by atomic mass is 10.1. The van der Waals surface area contributed by atoms with Gasteiger partial charge >= 0.3 is 0 Å². The molecule has 1 fully saturated rings. The summed E-state index contributed by atoms with van der Waals surface area (Å²) >= 11 is 1.41. The first-order valence-electron chi connectivity index (χ1n) is 11.1. The van der Waals surface area contributed by atoms with Crippen molar-refractivity contribution in [3.63, 3.8) is 0 Å². The van der Waals surface area contributed by atoms with Crippen molar-refractivity contribution >= 4 is 34.5 Å². The molecule has 5 rings (SSSR count). The van der Waals surface area contributed by atoms with Crippen LogP contribution in [-0.4, -0.2) is 54.5 Å². The summed E-state index contributed by atoms with van der Waals surface area (Å²) in [5.74, 6) is 0.544. The van der Waals surface area contributed by atoms with Gasteiger partial charge in [-0.15, -0.1) is 11.3 Å². The molecule has 170 valence electrons. The third-order valence-corrected chi connectivity index (χ3v) is 6.98. The van der Waals surface area contributed by atoms with Gasteiger partial charge in [0.2, 0.25) is 0 Å². The monoisotopic (exact) mass is 462 g/mol. The minimum absolute atomic E-state index is 0.0127. The van der Waals surface area contributed by atoms with Crippen molar-refractivity contribution in [1.29, 1.82) is 0 Å². The van der Waals surface area contributed by atoms with Crippen LogP contribution in [0.5, 0.6) is 5.75 Å². The Morgan fingerprint density at radius 1 is 1.06 bits per heavy atom. The Labute approximate surface area is 197 Å². The third kappa shape index (κ3) is 4.30. The van der Waals surface area contributed by atoms with E-state index < -0.39 is 0 Å². The quantitative estimate of drug-likeness (QED) is 0.592. The number of piperazine rings is 1. The smallest absolute Gasteiger partial charge is 0.273 e. The number of nitrogens with zero attached hydrogens (tertiary/aromatic N) is 4. The van der Waals surface area contributed by atoms with Crippen molar-refractivity contribution in [2.75, 3.05) is 42.6 Å². The average molecular weight is 463 g/mol. The predicted octanol–water partition coefficient (Wildman–Crippen LogP) is 3.65. The molecule has 1 aromatic heterocycles. The molecule has 2 aliphatic heterocycles. The molecule has 0 radical (unpaired) electrons. The van der Waals surface area contributed by atoms with Crippen LogP contribution in [0.1, 0.15) is 26.6 Å². The van der Waals surface area contributed by atoms with E-state index >= 15 is 0 Å². The lowest BCUT2D eigenvalue weighted by Crippen LogP contribution is -2.49. The maximum absolute atomic E-state index is 13.1. The number of carbonyl (C=O) groups is 2. The van der Waals surface area contributed by atoms with Gasteiger partial charge in [0.25, 0.3) is 11.8 Å². The van der Waals surface area contributed by atoms with Crippen molar-refractivity contribution in [1.82, 2.24) is 9.88 Å². The molecule has 0 bridgehead atoms. The van der Waals surface area contributed by atoms with Crippen LogP contribution in [0.3, 0.4) is 0 Å². The van der Waals surface area contributed by atoms with Crippen molar-refractivity contribution < 1.29 is 14.3 Å². The molecule has 7 nitrogen and oxygen atoms in total. The van der Waals surface area contributed by atoms with Gasteiger partial charge in [-0.1, -0.05) is 24.3 Å². The topological polar surface area (TPSA) is 66.0 Å². The third-order valence-electron chi connectivity index (χ3n) is 6.15. The first-order valence-corrected chi connectivity index (χ1v) is 12.0. The Bertz CT molecular complexity index is 1200. The van der Waals surface area contributed by atoms with E-state index in [1.54, 1.807) is 10.3 Å². The summed E-state index contributed by atoms with van der Waals surface area (Å²) in [7, 11) is 0. The van der Waals surface area contributed by atoms with E-state index in [1.807, 2.05) is 36.1 Å². The number of carbonyl (C=O) groups excluding carboxylic acids is 2. The SMILES string of the molecule is Cc1ccc2c(c1)OCC(=O)N2Cc1nc(C(=O)N2CCN(c3ccccc3C)CC2)cs1. The number of ether oxygens (including phenoxy) is 1. The van der Waals surface area contributed by atoms with Crippen LogP contribution in [0, 0.1) is 13.8 Å². The lowest BCUT2D eigenvalue weighted by molar-refractivity contribution is -0.121. The van der Waals surface area contributed by atoms with E-state index in [0.717, 1.165) is 29.3 Å². The maximum Gasteiger partial charge on any atom is 0.273 e.